The number of nitrogens with one attached hydrogen (secondary N) is 3. The Hall–Kier alpha value is -2.92. The van der Waals surface area contributed by atoms with Crippen molar-refractivity contribution in [2.75, 3.05) is 36.0 Å². The fraction of sp³-hybridized carbons (Fsp3) is 0.250. The lowest BCUT2D eigenvalue weighted by molar-refractivity contribution is -0.384. The van der Waals surface area contributed by atoms with Crippen molar-refractivity contribution in [1.29, 1.82) is 0 Å². The van der Waals surface area contributed by atoms with Gasteiger partial charge in [0.05, 0.1) is 21.3 Å². The fourth-order valence-corrected chi connectivity index (χ4v) is 3.91. The molecule has 3 heterocycles. The van der Waals surface area contributed by atoms with Gasteiger partial charge in [0.15, 0.2) is 0 Å². The van der Waals surface area contributed by atoms with Crippen LogP contribution in [0.2, 0.25) is 10.0 Å². The van der Waals surface area contributed by atoms with Crippen LogP contribution in [-0.2, 0) is 13.0 Å². The van der Waals surface area contributed by atoms with Crippen LogP contribution in [0.3, 0.4) is 0 Å². The number of rotatable bonds is 7. The highest BCUT2D eigenvalue weighted by Gasteiger charge is 2.20. The molecule has 174 valence electrons. The van der Waals surface area contributed by atoms with Crippen molar-refractivity contribution in [2.24, 2.45) is 0 Å². The van der Waals surface area contributed by atoms with Crippen LogP contribution in [0.15, 0.2) is 30.3 Å². The summed E-state index contributed by atoms with van der Waals surface area (Å²) in [4.78, 5) is 23.6. The van der Waals surface area contributed by atoms with E-state index in [4.69, 9.17) is 33.9 Å². The predicted molar refractivity (Wildman–Crippen MR) is 132 cm³/mol. The number of nitrogens with two attached hydrogens (primary N) is 1. The highest BCUT2D eigenvalue weighted by molar-refractivity contribution is 6.36. The van der Waals surface area contributed by atoms with E-state index in [0.29, 0.717) is 41.4 Å². The first-order valence-electron chi connectivity index (χ1n) is 9.87. The maximum Gasteiger partial charge on any atom is 0.311 e. The number of halogens is 3. The second-order valence-corrected chi connectivity index (χ2v) is 7.93. The summed E-state index contributed by atoms with van der Waals surface area (Å²) < 4.78 is 0. The molecule has 1 aliphatic rings. The number of nitro groups is 1. The lowest BCUT2D eigenvalue weighted by Gasteiger charge is -2.21. The standard InChI is InChI=1S/C20H20Cl2N8O2.ClH/c21-11-1-2-12(14(22)9-11)18-13-10-24-6-5-15(13)27-20(29-18)26-8-7-25-17-4-3-16(30(31)32)19(23)28-17;/h1-4,9,24H,5-8,10H2,(H3,23,25,28)(H,26,27,29);1H. The van der Waals surface area contributed by atoms with Gasteiger partial charge < -0.3 is 21.7 Å². The molecule has 13 heteroatoms. The molecule has 2 aromatic heterocycles. The van der Waals surface area contributed by atoms with Gasteiger partial charge in [0.2, 0.25) is 11.8 Å². The largest absolute Gasteiger partial charge is 0.378 e. The van der Waals surface area contributed by atoms with Gasteiger partial charge in [-0.3, -0.25) is 10.1 Å². The number of benzene rings is 1. The molecule has 0 spiro atoms. The van der Waals surface area contributed by atoms with Crippen LogP contribution >= 0.6 is 35.6 Å². The molecule has 10 nitrogen and oxygen atoms in total. The summed E-state index contributed by atoms with van der Waals surface area (Å²) in [5, 5.41) is 21.6. The van der Waals surface area contributed by atoms with E-state index in [0.717, 1.165) is 35.5 Å². The second-order valence-electron chi connectivity index (χ2n) is 7.08. The van der Waals surface area contributed by atoms with Crippen LogP contribution in [0.4, 0.5) is 23.3 Å². The summed E-state index contributed by atoms with van der Waals surface area (Å²) in [6, 6.07) is 8.17. The first kappa shape index (κ1) is 24.7. The van der Waals surface area contributed by atoms with E-state index in [2.05, 4.69) is 25.9 Å². The van der Waals surface area contributed by atoms with Gasteiger partial charge in [-0.15, -0.1) is 12.4 Å². The minimum atomic E-state index is -0.568. The molecule has 5 N–H and O–H groups in total. The molecule has 0 saturated heterocycles. The van der Waals surface area contributed by atoms with E-state index in [9.17, 15) is 10.1 Å². The van der Waals surface area contributed by atoms with Crippen molar-refractivity contribution in [3.8, 4) is 11.3 Å². The minimum Gasteiger partial charge on any atom is -0.378 e. The number of hydrogen-bond acceptors (Lipinski definition) is 9. The van der Waals surface area contributed by atoms with Crippen LogP contribution in [-0.4, -0.2) is 39.5 Å². The van der Waals surface area contributed by atoms with Gasteiger partial charge in [-0.25, -0.2) is 15.0 Å². The summed E-state index contributed by atoms with van der Waals surface area (Å²) in [5.74, 6) is 0.801. The number of nitrogen functional groups attached to an aromatic ring is 1. The molecule has 1 aromatic carbocycles. The Kier molecular flexibility index (Phi) is 8.09. The van der Waals surface area contributed by atoms with Crippen molar-refractivity contribution < 1.29 is 4.92 Å². The number of fused-ring (bicyclic) bond motifs is 1. The average molecular weight is 512 g/mol. The Morgan fingerprint density at radius 3 is 2.64 bits per heavy atom. The SMILES string of the molecule is Cl.Nc1nc(NCCNc2nc3c(c(-c4ccc(Cl)cc4Cl)n2)CNCC3)ccc1[N+](=O)[O-]. The van der Waals surface area contributed by atoms with Crippen LogP contribution in [0.1, 0.15) is 11.3 Å². The van der Waals surface area contributed by atoms with Crippen LogP contribution in [0.5, 0.6) is 0 Å². The summed E-state index contributed by atoms with van der Waals surface area (Å²) in [5.41, 5.74) is 8.96. The van der Waals surface area contributed by atoms with E-state index in [1.54, 1.807) is 12.1 Å². The van der Waals surface area contributed by atoms with Gasteiger partial charge >= 0.3 is 5.69 Å². The average Bonchev–Trinajstić information content (AvgIpc) is 2.76. The van der Waals surface area contributed by atoms with Gasteiger partial charge in [-0.1, -0.05) is 23.2 Å². The van der Waals surface area contributed by atoms with Crippen LogP contribution in [0.25, 0.3) is 11.3 Å². The van der Waals surface area contributed by atoms with Crippen LogP contribution in [0, 0.1) is 10.1 Å². The number of hydrogen-bond donors (Lipinski definition) is 4. The lowest BCUT2D eigenvalue weighted by Crippen LogP contribution is -2.26. The van der Waals surface area contributed by atoms with E-state index in [-0.39, 0.29) is 23.9 Å². The maximum atomic E-state index is 10.8. The summed E-state index contributed by atoms with van der Waals surface area (Å²) in [7, 11) is 0. The number of aromatic nitrogens is 3. The molecule has 0 saturated carbocycles. The Labute approximate surface area is 205 Å². The summed E-state index contributed by atoms with van der Waals surface area (Å²) in [6.45, 7) is 2.47. The van der Waals surface area contributed by atoms with Crippen molar-refractivity contribution in [3.05, 3.63) is 61.7 Å². The summed E-state index contributed by atoms with van der Waals surface area (Å²) >= 11 is 12.5. The molecular formula is C20H21Cl3N8O2. The first-order chi connectivity index (χ1) is 15.4. The number of nitrogens with zero attached hydrogens (tertiary/aromatic N) is 4. The number of pyridine rings is 1. The summed E-state index contributed by atoms with van der Waals surface area (Å²) in [6.07, 6.45) is 0.787. The molecule has 0 amide bonds. The van der Waals surface area contributed by atoms with Crippen molar-refractivity contribution in [3.63, 3.8) is 0 Å². The molecule has 1 aliphatic heterocycles. The molecule has 0 aliphatic carbocycles. The maximum absolute atomic E-state index is 10.8. The smallest absolute Gasteiger partial charge is 0.311 e. The molecular weight excluding hydrogens is 491 g/mol. The van der Waals surface area contributed by atoms with E-state index in [1.165, 1.54) is 12.1 Å². The molecule has 0 bridgehead atoms. The minimum absolute atomic E-state index is 0. The second kappa shape index (κ2) is 10.8. The van der Waals surface area contributed by atoms with E-state index in [1.807, 2.05) is 6.07 Å². The molecule has 33 heavy (non-hydrogen) atoms. The monoisotopic (exact) mass is 510 g/mol. The molecule has 0 fully saturated rings. The third kappa shape index (κ3) is 5.72. The zero-order valence-corrected chi connectivity index (χ0v) is 19.6. The highest BCUT2D eigenvalue weighted by atomic mass is 35.5. The Morgan fingerprint density at radius 2 is 1.91 bits per heavy atom. The van der Waals surface area contributed by atoms with Gasteiger partial charge in [0.1, 0.15) is 5.82 Å². The van der Waals surface area contributed by atoms with Crippen molar-refractivity contribution in [1.82, 2.24) is 20.3 Å². The highest BCUT2D eigenvalue weighted by Crippen LogP contribution is 2.33. The molecule has 3 aromatic rings. The first-order valence-corrected chi connectivity index (χ1v) is 10.6. The number of anilines is 3. The van der Waals surface area contributed by atoms with Gasteiger partial charge in [0.25, 0.3) is 0 Å². The van der Waals surface area contributed by atoms with E-state index >= 15 is 0 Å². The Bertz CT molecular complexity index is 1180. The van der Waals surface area contributed by atoms with Gasteiger partial charge in [0, 0.05) is 54.8 Å². The van der Waals surface area contributed by atoms with Crippen LogP contribution < -0.4 is 21.7 Å². The zero-order valence-electron chi connectivity index (χ0n) is 17.3. The van der Waals surface area contributed by atoms with Crippen molar-refractivity contribution in [2.45, 2.75) is 13.0 Å². The normalized spacial score (nSPS) is 12.4. The zero-order chi connectivity index (χ0) is 22.7. The molecule has 0 atom stereocenters. The quantitative estimate of drug-likeness (QED) is 0.211. The van der Waals surface area contributed by atoms with Gasteiger partial charge in [-0.05, 0) is 24.3 Å². The predicted octanol–water partition coefficient (Wildman–Crippen LogP) is 3.93. The molecule has 0 radical (unpaired) electrons. The molecule has 4 rings (SSSR count). The topological polar surface area (TPSA) is 144 Å². The van der Waals surface area contributed by atoms with E-state index < -0.39 is 4.92 Å². The van der Waals surface area contributed by atoms with Gasteiger partial charge in [-0.2, -0.15) is 0 Å². The third-order valence-corrected chi connectivity index (χ3v) is 5.48. The lowest BCUT2D eigenvalue weighted by atomic mass is 10.0. The Morgan fingerprint density at radius 1 is 1.12 bits per heavy atom. The molecule has 0 unspecified atom stereocenters. The third-order valence-electron chi connectivity index (χ3n) is 4.93. The Balaban J connectivity index is 0.00000306. The fourth-order valence-electron chi connectivity index (χ4n) is 3.41. The van der Waals surface area contributed by atoms with Crippen molar-refractivity contribution >= 4 is 58.9 Å².